The highest BCUT2D eigenvalue weighted by Gasteiger charge is 2.23. The second-order valence-corrected chi connectivity index (χ2v) is 7.53. The third kappa shape index (κ3) is 5.65. The van der Waals surface area contributed by atoms with E-state index < -0.39 is 11.6 Å². The Hall–Kier alpha value is -2.22. The lowest BCUT2D eigenvalue weighted by atomic mass is 10.1. The molecule has 9 heteroatoms. The van der Waals surface area contributed by atoms with Crippen molar-refractivity contribution in [2.45, 2.75) is 6.42 Å². The standard InChI is InChI=1S/C20H19Cl2F2N3O2/c21-14-2-3-15(22)18(12-14)25-19(28)5-6-26-7-9-27(10-8-26)20(29)13-1-4-16(23)17(24)11-13/h1-4,11-12H,5-10H2,(H,25,28). The second-order valence-electron chi connectivity index (χ2n) is 6.69. The van der Waals surface area contributed by atoms with Gasteiger partial charge >= 0.3 is 0 Å². The Bertz CT molecular complexity index is 919. The highest BCUT2D eigenvalue weighted by molar-refractivity contribution is 6.35. The molecule has 1 saturated heterocycles. The number of amides is 2. The minimum Gasteiger partial charge on any atom is -0.336 e. The first-order valence-corrected chi connectivity index (χ1v) is 9.80. The zero-order valence-electron chi connectivity index (χ0n) is 15.4. The van der Waals surface area contributed by atoms with Crippen molar-refractivity contribution >= 4 is 40.7 Å². The summed E-state index contributed by atoms with van der Waals surface area (Å²) in [4.78, 5) is 28.3. The fraction of sp³-hybridized carbons (Fsp3) is 0.300. The number of carbonyl (C=O) groups is 2. The highest BCUT2D eigenvalue weighted by Crippen LogP contribution is 2.25. The summed E-state index contributed by atoms with van der Waals surface area (Å²) in [6, 6.07) is 7.98. The fourth-order valence-electron chi connectivity index (χ4n) is 3.05. The minimum atomic E-state index is -1.04. The molecule has 0 bridgehead atoms. The summed E-state index contributed by atoms with van der Waals surface area (Å²) in [7, 11) is 0. The Labute approximate surface area is 177 Å². The molecule has 1 aliphatic rings. The molecule has 2 amide bonds. The Kier molecular flexibility index (Phi) is 7.05. The number of piperazine rings is 1. The van der Waals surface area contributed by atoms with Crippen molar-refractivity contribution in [3.8, 4) is 0 Å². The predicted octanol–water partition coefficient (Wildman–Crippen LogP) is 4.06. The molecule has 0 atom stereocenters. The summed E-state index contributed by atoms with van der Waals surface area (Å²) in [5.74, 6) is -2.55. The maximum Gasteiger partial charge on any atom is 0.254 e. The van der Waals surface area contributed by atoms with Crippen molar-refractivity contribution in [2.75, 3.05) is 38.0 Å². The first kappa shape index (κ1) is 21.5. The van der Waals surface area contributed by atoms with Gasteiger partial charge in [-0.15, -0.1) is 0 Å². The predicted molar refractivity (Wildman–Crippen MR) is 108 cm³/mol. The van der Waals surface area contributed by atoms with Gasteiger partial charge in [-0.25, -0.2) is 8.78 Å². The van der Waals surface area contributed by atoms with Gasteiger partial charge in [0.05, 0.1) is 10.7 Å². The van der Waals surface area contributed by atoms with Crippen LogP contribution in [0.25, 0.3) is 0 Å². The van der Waals surface area contributed by atoms with Crippen LogP contribution >= 0.6 is 23.2 Å². The zero-order valence-corrected chi connectivity index (χ0v) is 16.9. The van der Waals surface area contributed by atoms with Gasteiger partial charge in [0.25, 0.3) is 5.91 Å². The summed E-state index contributed by atoms with van der Waals surface area (Å²) < 4.78 is 26.4. The molecule has 0 unspecified atom stereocenters. The average molecular weight is 442 g/mol. The molecule has 1 aliphatic heterocycles. The Morgan fingerprint density at radius 2 is 1.69 bits per heavy atom. The number of hydrogen-bond acceptors (Lipinski definition) is 3. The van der Waals surface area contributed by atoms with E-state index in [2.05, 4.69) is 10.2 Å². The second kappa shape index (κ2) is 9.52. The van der Waals surface area contributed by atoms with Crippen LogP contribution in [0.1, 0.15) is 16.8 Å². The Morgan fingerprint density at radius 1 is 0.966 bits per heavy atom. The molecule has 29 heavy (non-hydrogen) atoms. The molecule has 5 nitrogen and oxygen atoms in total. The van der Waals surface area contributed by atoms with Gasteiger partial charge in [0, 0.05) is 49.7 Å². The van der Waals surface area contributed by atoms with Crippen molar-refractivity contribution < 1.29 is 18.4 Å². The van der Waals surface area contributed by atoms with Crippen LogP contribution in [0.15, 0.2) is 36.4 Å². The molecule has 2 aromatic rings. The van der Waals surface area contributed by atoms with E-state index in [0.717, 1.165) is 12.1 Å². The van der Waals surface area contributed by atoms with Crippen LogP contribution in [0.4, 0.5) is 14.5 Å². The average Bonchev–Trinajstić information content (AvgIpc) is 2.71. The van der Waals surface area contributed by atoms with Crippen LogP contribution in [0.5, 0.6) is 0 Å². The van der Waals surface area contributed by atoms with Crippen molar-refractivity contribution in [1.82, 2.24) is 9.80 Å². The maximum absolute atomic E-state index is 13.3. The van der Waals surface area contributed by atoms with Gasteiger partial charge in [0.2, 0.25) is 5.91 Å². The van der Waals surface area contributed by atoms with E-state index in [9.17, 15) is 18.4 Å². The molecule has 0 saturated carbocycles. The molecule has 3 rings (SSSR count). The third-order valence-corrected chi connectivity index (χ3v) is 5.25. The number of benzene rings is 2. The van der Waals surface area contributed by atoms with Crippen molar-refractivity contribution in [3.05, 3.63) is 63.6 Å². The quantitative estimate of drug-likeness (QED) is 0.760. The van der Waals surface area contributed by atoms with Crippen LogP contribution in [-0.4, -0.2) is 54.3 Å². The van der Waals surface area contributed by atoms with Gasteiger partial charge in [-0.3, -0.25) is 14.5 Å². The monoisotopic (exact) mass is 441 g/mol. The summed E-state index contributed by atoms with van der Waals surface area (Å²) in [5, 5.41) is 3.62. The molecule has 0 radical (unpaired) electrons. The molecule has 0 spiro atoms. The first-order valence-electron chi connectivity index (χ1n) is 9.05. The topological polar surface area (TPSA) is 52.7 Å². The van der Waals surface area contributed by atoms with Crippen LogP contribution in [-0.2, 0) is 4.79 Å². The van der Waals surface area contributed by atoms with E-state index >= 15 is 0 Å². The fourth-order valence-corrected chi connectivity index (χ4v) is 3.39. The van der Waals surface area contributed by atoms with E-state index in [1.54, 1.807) is 23.1 Å². The third-order valence-electron chi connectivity index (χ3n) is 4.68. The molecule has 0 aliphatic carbocycles. The molecule has 0 aromatic heterocycles. The number of carbonyl (C=O) groups excluding carboxylic acids is 2. The minimum absolute atomic E-state index is 0.120. The van der Waals surface area contributed by atoms with Crippen molar-refractivity contribution in [3.63, 3.8) is 0 Å². The Morgan fingerprint density at radius 3 is 2.38 bits per heavy atom. The maximum atomic E-state index is 13.3. The normalized spacial score (nSPS) is 14.7. The van der Waals surface area contributed by atoms with Crippen LogP contribution in [0.3, 0.4) is 0 Å². The lowest BCUT2D eigenvalue weighted by Gasteiger charge is -2.34. The zero-order chi connectivity index (χ0) is 21.0. The van der Waals surface area contributed by atoms with Gasteiger partial charge in [0.15, 0.2) is 11.6 Å². The molecule has 1 heterocycles. The molecular formula is C20H19Cl2F2N3O2. The number of hydrogen-bond donors (Lipinski definition) is 1. The van der Waals surface area contributed by atoms with E-state index in [-0.39, 0.29) is 23.8 Å². The largest absolute Gasteiger partial charge is 0.336 e. The summed E-state index contributed by atoms with van der Waals surface area (Å²) >= 11 is 11.9. The lowest BCUT2D eigenvalue weighted by molar-refractivity contribution is -0.116. The van der Waals surface area contributed by atoms with Gasteiger partial charge in [-0.05, 0) is 36.4 Å². The number of nitrogens with zero attached hydrogens (tertiary/aromatic N) is 2. The number of rotatable bonds is 5. The Balaban J connectivity index is 1.46. The summed E-state index contributed by atoms with van der Waals surface area (Å²) in [6.07, 6.45) is 0.264. The van der Waals surface area contributed by atoms with Gasteiger partial charge in [-0.2, -0.15) is 0 Å². The van der Waals surface area contributed by atoms with Gasteiger partial charge < -0.3 is 10.2 Å². The van der Waals surface area contributed by atoms with E-state index in [1.165, 1.54) is 6.07 Å². The van der Waals surface area contributed by atoms with Crippen LogP contribution in [0.2, 0.25) is 10.0 Å². The smallest absolute Gasteiger partial charge is 0.254 e. The van der Waals surface area contributed by atoms with E-state index in [4.69, 9.17) is 23.2 Å². The first-order chi connectivity index (χ1) is 13.8. The van der Waals surface area contributed by atoms with Crippen molar-refractivity contribution in [1.29, 1.82) is 0 Å². The molecule has 154 valence electrons. The van der Waals surface area contributed by atoms with Crippen molar-refractivity contribution in [2.24, 2.45) is 0 Å². The van der Waals surface area contributed by atoms with Gasteiger partial charge in [-0.1, -0.05) is 23.2 Å². The summed E-state index contributed by atoms with van der Waals surface area (Å²) in [6.45, 7) is 2.58. The SMILES string of the molecule is O=C(CCN1CCN(C(=O)c2ccc(F)c(F)c2)CC1)Nc1cc(Cl)ccc1Cl. The van der Waals surface area contributed by atoms with E-state index in [1.807, 2.05) is 0 Å². The number of anilines is 1. The summed E-state index contributed by atoms with van der Waals surface area (Å²) in [5.41, 5.74) is 0.584. The number of halogens is 4. The molecular weight excluding hydrogens is 423 g/mol. The lowest BCUT2D eigenvalue weighted by Crippen LogP contribution is -2.49. The number of nitrogens with one attached hydrogen (secondary N) is 1. The van der Waals surface area contributed by atoms with Crippen LogP contribution in [0, 0.1) is 11.6 Å². The molecule has 2 aromatic carbocycles. The highest BCUT2D eigenvalue weighted by atomic mass is 35.5. The van der Waals surface area contributed by atoms with Crippen LogP contribution < -0.4 is 5.32 Å². The molecule has 1 fully saturated rings. The molecule has 1 N–H and O–H groups in total. The van der Waals surface area contributed by atoms with Gasteiger partial charge in [0.1, 0.15) is 0 Å². The van der Waals surface area contributed by atoms with E-state index in [0.29, 0.717) is 48.5 Å².